The molecule has 4 nitrogen and oxygen atoms in total. The Morgan fingerprint density at radius 1 is 1.24 bits per heavy atom. The standard InChI is InChI=1S/C23H25F2NO3/c1-23-5-2-6-26-17(23)7-12(10-23)14-9-15-13(11-3-4-11)8-16(22(28)29)21(27)18(15)20(25)19(14)24/h8-9,11-13,17,26H,2-7,10H2,1H3,(H,28,29). The average Bonchev–Trinajstić information content (AvgIpc) is 3.45. The fraction of sp³-hybridized carbons (Fsp3) is 0.565. The molecule has 0 radical (unpaired) electrons. The Morgan fingerprint density at radius 2 is 2.00 bits per heavy atom. The second-order valence-corrected chi connectivity index (χ2v) is 9.54. The lowest BCUT2D eigenvalue weighted by Crippen LogP contribution is -2.44. The lowest BCUT2D eigenvalue weighted by Gasteiger charge is -2.36. The average molecular weight is 401 g/mol. The van der Waals surface area contributed by atoms with Gasteiger partial charge >= 0.3 is 5.97 Å². The molecule has 154 valence electrons. The van der Waals surface area contributed by atoms with Crippen LogP contribution in [0.15, 0.2) is 17.7 Å². The van der Waals surface area contributed by atoms with E-state index in [2.05, 4.69) is 12.2 Å². The van der Waals surface area contributed by atoms with E-state index in [0.29, 0.717) is 17.2 Å². The number of carboxylic acids is 1. The van der Waals surface area contributed by atoms with Gasteiger partial charge in [0.15, 0.2) is 11.6 Å². The number of hydrogen-bond acceptors (Lipinski definition) is 3. The van der Waals surface area contributed by atoms with Crippen LogP contribution < -0.4 is 5.32 Å². The highest BCUT2D eigenvalue weighted by molar-refractivity contribution is 6.25. The molecule has 1 heterocycles. The van der Waals surface area contributed by atoms with Crippen LogP contribution in [0.4, 0.5) is 8.78 Å². The van der Waals surface area contributed by atoms with Gasteiger partial charge in [0.25, 0.3) is 0 Å². The number of rotatable bonds is 3. The third kappa shape index (κ3) is 2.87. The van der Waals surface area contributed by atoms with Gasteiger partial charge in [0, 0.05) is 12.0 Å². The molecular weight excluding hydrogens is 376 g/mol. The number of carboxylic acid groups (broad SMARTS) is 1. The minimum atomic E-state index is -1.38. The van der Waals surface area contributed by atoms with Crippen LogP contribution in [0.5, 0.6) is 0 Å². The van der Waals surface area contributed by atoms with Crippen molar-refractivity contribution in [2.24, 2.45) is 11.3 Å². The number of aliphatic carboxylic acids is 1. The molecule has 4 unspecified atom stereocenters. The van der Waals surface area contributed by atoms with Crippen molar-refractivity contribution in [3.05, 3.63) is 46.0 Å². The van der Waals surface area contributed by atoms with Gasteiger partial charge in [-0.25, -0.2) is 13.6 Å². The Balaban J connectivity index is 1.60. The highest BCUT2D eigenvalue weighted by Crippen LogP contribution is 2.53. The lowest BCUT2D eigenvalue weighted by atomic mass is 9.76. The molecule has 5 rings (SSSR count). The highest BCUT2D eigenvalue weighted by Gasteiger charge is 2.47. The molecule has 4 atom stereocenters. The van der Waals surface area contributed by atoms with Crippen LogP contribution in [0.2, 0.25) is 0 Å². The summed E-state index contributed by atoms with van der Waals surface area (Å²) in [4.78, 5) is 24.1. The Kier molecular flexibility index (Phi) is 4.21. The summed E-state index contributed by atoms with van der Waals surface area (Å²) in [5.41, 5.74) is 0.0876. The predicted octanol–water partition coefficient (Wildman–Crippen LogP) is 4.30. The Morgan fingerprint density at radius 3 is 2.66 bits per heavy atom. The molecule has 29 heavy (non-hydrogen) atoms. The molecule has 3 aliphatic carbocycles. The van der Waals surface area contributed by atoms with E-state index in [-0.39, 0.29) is 28.7 Å². The number of benzene rings is 1. The Labute approximate surface area is 168 Å². The smallest absolute Gasteiger partial charge is 0.339 e. The molecule has 2 N–H and O–H groups in total. The van der Waals surface area contributed by atoms with Crippen molar-refractivity contribution in [1.82, 2.24) is 5.32 Å². The Bertz CT molecular complexity index is 952. The highest BCUT2D eigenvalue weighted by atomic mass is 19.2. The molecule has 0 aromatic heterocycles. The first-order valence-corrected chi connectivity index (χ1v) is 10.5. The maximum absolute atomic E-state index is 15.2. The molecule has 1 aromatic rings. The second kappa shape index (κ2) is 6.46. The van der Waals surface area contributed by atoms with Crippen molar-refractivity contribution in [1.29, 1.82) is 0 Å². The zero-order valence-electron chi connectivity index (χ0n) is 16.4. The van der Waals surface area contributed by atoms with Crippen molar-refractivity contribution >= 4 is 11.8 Å². The topological polar surface area (TPSA) is 66.4 Å². The van der Waals surface area contributed by atoms with Gasteiger partial charge in [-0.1, -0.05) is 19.1 Å². The van der Waals surface area contributed by atoms with Gasteiger partial charge in [-0.2, -0.15) is 0 Å². The number of ketones is 1. The number of Topliss-reactive ketones (excluding diaryl/α,β-unsaturated/α-hetero) is 1. The monoisotopic (exact) mass is 401 g/mol. The number of halogens is 2. The molecule has 0 spiro atoms. The van der Waals surface area contributed by atoms with Crippen molar-refractivity contribution in [2.45, 2.75) is 63.3 Å². The lowest BCUT2D eigenvalue weighted by molar-refractivity contribution is -0.132. The van der Waals surface area contributed by atoms with E-state index < -0.39 is 29.0 Å². The van der Waals surface area contributed by atoms with E-state index in [9.17, 15) is 14.7 Å². The van der Waals surface area contributed by atoms with Gasteiger partial charge in [-0.05, 0) is 73.4 Å². The zero-order valence-corrected chi connectivity index (χ0v) is 16.4. The van der Waals surface area contributed by atoms with E-state index in [1.807, 2.05) is 0 Å². The fourth-order valence-electron chi connectivity index (χ4n) is 5.92. The molecule has 2 saturated carbocycles. The van der Waals surface area contributed by atoms with Crippen LogP contribution in [0.25, 0.3) is 0 Å². The fourth-order valence-corrected chi connectivity index (χ4v) is 5.92. The summed E-state index contributed by atoms with van der Waals surface area (Å²) in [5.74, 6) is -4.69. The number of hydrogen-bond donors (Lipinski definition) is 2. The summed E-state index contributed by atoms with van der Waals surface area (Å²) < 4.78 is 30.4. The number of carbonyl (C=O) groups is 2. The van der Waals surface area contributed by atoms with E-state index in [1.54, 1.807) is 6.07 Å². The summed E-state index contributed by atoms with van der Waals surface area (Å²) in [5, 5.41) is 12.9. The molecule has 6 heteroatoms. The molecule has 0 amide bonds. The normalized spacial score (nSPS) is 33.8. The van der Waals surface area contributed by atoms with Crippen molar-refractivity contribution in [3.8, 4) is 0 Å². The summed E-state index contributed by atoms with van der Waals surface area (Å²) >= 11 is 0. The van der Waals surface area contributed by atoms with E-state index in [4.69, 9.17) is 0 Å². The largest absolute Gasteiger partial charge is 0.478 e. The van der Waals surface area contributed by atoms with E-state index in [1.165, 1.54) is 6.08 Å². The van der Waals surface area contributed by atoms with Crippen molar-refractivity contribution in [3.63, 3.8) is 0 Å². The van der Waals surface area contributed by atoms with Crippen LogP contribution in [0, 0.1) is 23.0 Å². The minimum Gasteiger partial charge on any atom is -0.478 e. The van der Waals surface area contributed by atoms with Crippen LogP contribution in [0.1, 0.15) is 78.8 Å². The van der Waals surface area contributed by atoms with Gasteiger partial charge in [0.1, 0.15) is 5.57 Å². The van der Waals surface area contributed by atoms with Gasteiger partial charge in [0.05, 0.1) is 5.56 Å². The summed E-state index contributed by atoms with van der Waals surface area (Å²) in [6, 6.07) is 1.97. The zero-order chi connectivity index (χ0) is 20.5. The van der Waals surface area contributed by atoms with E-state index >= 15 is 8.78 Å². The van der Waals surface area contributed by atoms with Gasteiger partial charge in [-0.3, -0.25) is 4.79 Å². The second-order valence-electron chi connectivity index (χ2n) is 9.54. The van der Waals surface area contributed by atoms with Gasteiger partial charge < -0.3 is 10.4 Å². The quantitative estimate of drug-likeness (QED) is 0.741. The summed E-state index contributed by atoms with van der Waals surface area (Å²) in [7, 11) is 0. The molecular formula is C23H25F2NO3. The summed E-state index contributed by atoms with van der Waals surface area (Å²) in [6.45, 7) is 3.17. The number of fused-ring (bicyclic) bond motifs is 2. The van der Waals surface area contributed by atoms with Gasteiger partial charge in [0.2, 0.25) is 5.78 Å². The number of allylic oxidation sites excluding steroid dienone is 1. The first-order valence-electron chi connectivity index (χ1n) is 10.5. The summed E-state index contributed by atoms with van der Waals surface area (Å²) in [6.07, 6.45) is 6.98. The SMILES string of the molecule is CC12CCCNC1CC(c1cc3c(c(F)c1F)C(=O)C(C(=O)O)=CC3C1CC1)C2. The molecule has 3 fully saturated rings. The number of nitrogens with one attached hydrogen (secondary N) is 1. The molecule has 1 saturated heterocycles. The van der Waals surface area contributed by atoms with Crippen LogP contribution in [-0.4, -0.2) is 29.4 Å². The molecule has 0 bridgehead atoms. The van der Waals surface area contributed by atoms with Crippen molar-refractivity contribution < 1.29 is 23.5 Å². The van der Waals surface area contributed by atoms with Crippen LogP contribution in [0.3, 0.4) is 0 Å². The van der Waals surface area contributed by atoms with Gasteiger partial charge in [-0.15, -0.1) is 0 Å². The Hall–Kier alpha value is -2.08. The van der Waals surface area contributed by atoms with Crippen molar-refractivity contribution in [2.75, 3.05) is 6.54 Å². The predicted molar refractivity (Wildman–Crippen MR) is 103 cm³/mol. The van der Waals surface area contributed by atoms with E-state index in [0.717, 1.165) is 45.1 Å². The minimum absolute atomic E-state index is 0.0732. The first kappa shape index (κ1) is 18.9. The first-order chi connectivity index (χ1) is 13.8. The third-order valence-electron chi connectivity index (χ3n) is 7.63. The number of piperidine rings is 1. The van der Waals surface area contributed by atoms with Crippen LogP contribution in [-0.2, 0) is 4.79 Å². The maximum Gasteiger partial charge on any atom is 0.339 e. The number of carbonyl (C=O) groups excluding carboxylic acids is 1. The van der Waals surface area contributed by atoms with Crippen LogP contribution >= 0.6 is 0 Å². The molecule has 1 aromatic carbocycles. The molecule has 4 aliphatic rings. The molecule has 1 aliphatic heterocycles. The third-order valence-corrected chi connectivity index (χ3v) is 7.63. The maximum atomic E-state index is 15.2.